The number of hydrogen-bond acceptors (Lipinski definition) is 2. The predicted octanol–water partition coefficient (Wildman–Crippen LogP) is 1.90. The second kappa shape index (κ2) is 4.90. The van der Waals surface area contributed by atoms with Gasteiger partial charge in [-0.3, -0.25) is 0 Å². The average molecular weight is 219 g/mol. The number of aryl methyl sites for hydroxylation is 1. The Morgan fingerprint density at radius 2 is 2.25 bits per heavy atom. The third-order valence-corrected chi connectivity index (χ3v) is 2.38. The summed E-state index contributed by atoms with van der Waals surface area (Å²) in [7, 11) is 0. The van der Waals surface area contributed by atoms with Gasteiger partial charge in [-0.25, -0.2) is 9.07 Å². The Bertz CT molecular complexity index is 465. The van der Waals surface area contributed by atoms with Gasteiger partial charge in [0.25, 0.3) is 0 Å². The summed E-state index contributed by atoms with van der Waals surface area (Å²) in [5.74, 6) is -0.253. The molecule has 0 aliphatic carbocycles. The van der Waals surface area contributed by atoms with E-state index >= 15 is 0 Å². The molecule has 0 bridgehead atoms. The number of nitrogens with two attached hydrogens (primary N) is 1. The van der Waals surface area contributed by atoms with Crippen LogP contribution in [0.15, 0.2) is 36.7 Å². The SMILES string of the molecule is NCCCc1cnn(-c2cccc(F)c2)c1. The van der Waals surface area contributed by atoms with Gasteiger partial charge in [-0.05, 0) is 43.1 Å². The molecule has 1 heterocycles. The third kappa shape index (κ3) is 2.46. The van der Waals surface area contributed by atoms with Crippen LogP contribution in [0.1, 0.15) is 12.0 Å². The number of nitrogens with zero attached hydrogens (tertiary/aromatic N) is 2. The van der Waals surface area contributed by atoms with Crippen molar-refractivity contribution in [2.24, 2.45) is 5.73 Å². The van der Waals surface area contributed by atoms with Gasteiger partial charge in [0.15, 0.2) is 0 Å². The fraction of sp³-hybridized carbons (Fsp3) is 0.250. The Labute approximate surface area is 93.7 Å². The zero-order valence-electron chi connectivity index (χ0n) is 8.94. The van der Waals surface area contributed by atoms with Crippen LogP contribution >= 0.6 is 0 Å². The summed E-state index contributed by atoms with van der Waals surface area (Å²) in [6.07, 6.45) is 5.55. The van der Waals surface area contributed by atoms with E-state index < -0.39 is 0 Å². The van der Waals surface area contributed by atoms with Crippen LogP contribution in [0.4, 0.5) is 4.39 Å². The maximum absolute atomic E-state index is 13.0. The normalized spacial score (nSPS) is 10.6. The minimum atomic E-state index is -0.253. The quantitative estimate of drug-likeness (QED) is 0.853. The molecule has 0 spiro atoms. The van der Waals surface area contributed by atoms with Crippen molar-refractivity contribution in [2.75, 3.05) is 6.54 Å². The molecule has 2 aromatic rings. The van der Waals surface area contributed by atoms with Crippen molar-refractivity contribution in [2.45, 2.75) is 12.8 Å². The predicted molar refractivity (Wildman–Crippen MR) is 60.9 cm³/mol. The molecule has 0 aliphatic heterocycles. The van der Waals surface area contributed by atoms with E-state index in [9.17, 15) is 4.39 Å². The highest BCUT2D eigenvalue weighted by molar-refractivity contribution is 5.31. The first-order valence-electron chi connectivity index (χ1n) is 5.29. The fourth-order valence-electron chi connectivity index (χ4n) is 1.56. The molecule has 2 N–H and O–H groups in total. The van der Waals surface area contributed by atoms with Crippen molar-refractivity contribution in [3.05, 3.63) is 48.0 Å². The zero-order chi connectivity index (χ0) is 11.4. The van der Waals surface area contributed by atoms with E-state index in [0.29, 0.717) is 6.54 Å². The Balaban J connectivity index is 2.18. The van der Waals surface area contributed by atoms with E-state index in [2.05, 4.69) is 5.10 Å². The maximum atomic E-state index is 13.0. The van der Waals surface area contributed by atoms with E-state index in [1.807, 2.05) is 12.3 Å². The van der Waals surface area contributed by atoms with Gasteiger partial charge in [0.1, 0.15) is 5.82 Å². The number of aromatic nitrogens is 2. The van der Waals surface area contributed by atoms with Gasteiger partial charge in [-0.15, -0.1) is 0 Å². The molecule has 84 valence electrons. The first-order chi connectivity index (χ1) is 7.79. The topological polar surface area (TPSA) is 43.8 Å². The monoisotopic (exact) mass is 219 g/mol. The molecule has 1 aromatic carbocycles. The van der Waals surface area contributed by atoms with Crippen molar-refractivity contribution in [3.8, 4) is 5.69 Å². The van der Waals surface area contributed by atoms with Gasteiger partial charge in [-0.2, -0.15) is 5.10 Å². The van der Waals surface area contributed by atoms with Crippen LogP contribution in [-0.4, -0.2) is 16.3 Å². The van der Waals surface area contributed by atoms with Crippen molar-refractivity contribution in [3.63, 3.8) is 0 Å². The molecule has 0 aliphatic rings. The van der Waals surface area contributed by atoms with Crippen LogP contribution in [-0.2, 0) is 6.42 Å². The Morgan fingerprint density at radius 1 is 1.38 bits per heavy atom. The fourth-order valence-corrected chi connectivity index (χ4v) is 1.56. The third-order valence-electron chi connectivity index (χ3n) is 2.38. The lowest BCUT2D eigenvalue weighted by Crippen LogP contribution is -1.99. The van der Waals surface area contributed by atoms with Crippen LogP contribution in [0.3, 0.4) is 0 Å². The largest absolute Gasteiger partial charge is 0.330 e. The second-order valence-corrected chi connectivity index (χ2v) is 3.67. The molecule has 0 fully saturated rings. The van der Waals surface area contributed by atoms with Gasteiger partial charge >= 0.3 is 0 Å². The average Bonchev–Trinajstić information content (AvgIpc) is 2.75. The highest BCUT2D eigenvalue weighted by atomic mass is 19.1. The molecule has 0 saturated heterocycles. The lowest BCUT2D eigenvalue weighted by atomic mass is 10.2. The van der Waals surface area contributed by atoms with Gasteiger partial charge in [-0.1, -0.05) is 6.07 Å². The van der Waals surface area contributed by atoms with Gasteiger partial charge < -0.3 is 5.73 Å². The molecule has 0 saturated carbocycles. The summed E-state index contributed by atoms with van der Waals surface area (Å²) in [4.78, 5) is 0. The van der Waals surface area contributed by atoms with Crippen molar-refractivity contribution in [1.29, 1.82) is 0 Å². The molecule has 3 nitrogen and oxygen atoms in total. The summed E-state index contributed by atoms with van der Waals surface area (Å²) in [6, 6.07) is 6.37. The summed E-state index contributed by atoms with van der Waals surface area (Å²) >= 11 is 0. The number of rotatable bonds is 4. The molecule has 0 unspecified atom stereocenters. The number of benzene rings is 1. The summed E-state index contributed by atoms with van der Waals surface area (Å²) in [5.41, 5.74) is 7.29. The molecule has 4 heteroatoms. The van der Waals surface area contributed by atoms with Gasteiger partial charge in [0.05, 0.1) is 11.9 Å². The van der Waals surface area contributed by atoms with Gasteiger partial charge in [0, 0.05) is 6.20 Å². The standard InChI is InChI=1S/C12H14FN3/c13-11-4-1-5-12(7-11)16-9-10(8-15-16)3-2-6-14/h1,4-5,7-9H,2-3,6,14H2. The first-order valence-corrected chi connectivity index (χ1v) is 5.29. The zero-order valence-corrected chi connectivity index (χ0v) is 8.94. The molecule has 2 rings (SSSR count). The Hall–Kier alpha value is -1.68. The molecule has 16 heavy (non-hydrogen) atoms. The van der Waals surface area contributed by atoms with E-state index in [0.717, 1.165) is 24.1 Å². The molecule has 0 amide bonds. The molecular weight excluding hydrogens is 205 g/mol. The van der Waals surface area contributed by atoms with E-state index in [1.54, 1.807) is 16.9 Å². The summed E-state index contributed by atoms with van der Waals surface area (Å²) in [5, 5.41) is 4.19. The maximum Gasteiger partial charge on any atom is 0.125 e. The van der Waals surface area contributed by atoms with Crippen LogP contribution < -0.4 is 5.73 Å². The Morgan fingerprint density at radius 3 is 3.00 bits per heavy atom. The highest BCUT2D eigenvalue weighted by Crippen LogP contribution is 2.10. The summed E-state index contributed by atoms with van der Waals surface area (Å²) < 4.78 is 14.7. The number of hydrogen-bond donors (Lipinski definition) is 1. The lowest BCUT2D eigenvalue weighted by molar-refractivity contribution is 0.625. The van der Waals surface area contributed by atoms with Crippen molar-refractivity contribution < 1.29 is 4.39 Å². The molecule has 0 radical (unpaired) electrons. The molecular formula is C12H14FN3. The smallest absolute Gasteiger partial charge is 0.125 e. The minimum absolute atomic E-state index is 0.253. The molecule has 0 atom stereocenters. The van der Waals surface area contributed by atoms with Crippen molar-refractivity contribution in [1.82, 2.24) is 9.78 Å². The van der Waals surface area contributed by atoms with E-state index in [1.165, 1.54) is 12.1 Å². The summed E-state index contributed by atoms with van der Waals surface area (Å²) in [6.45, 7) is 0.672. The van der Waals surface area contributed by atoms with Crippen LogP contribution in [0.5, 0.6) is 0 Å². The van der Waals surface area contributed by atoms with Gasteiger partial charge in [0.2, 0.25) is 0 Å². The minimum Gasteiger partial charge on any atom is -0.330 e. The van der Waals surface area contributed by atoms with E-state index in [4.69, 9.17) is 5.73 Å². The molecule has 1 aromatic heterocycles. The second-order valence-electron chi connectivity index (χ2n) is 3.67. The lowest BCUT2D eigenvalue weighted by Gasteiger charge is -2.00. The van der Waals surface area contributed by atoms with Crippen molar-refractivity contribution >= 4 is 0 Å². The first kappa shape index (κ1) is 10.8. The van der Waals surface area contributed by atoms with Crippen LogP contribution in [0.2, 0.25) is 0 Å². The van der Waals surface area contributed by atoms with Crippen LogP contribution in [0, 0.1) is 5.82 Å². The van der Waals surface area contributed by atoms with Crippen LogP contribution in [0.25, 0.3) is 5.69 Å². The highest BCUT2D eigenvalue weighted by Gasteiger charge is 2.01. The Kier molecular flexibility index (Phi) is 3.31. The number of halogens is 1. The van der Waals surface area contributed by atoms with E-state index in [-0.39, 0.29) is 5.82 Å².